The zero-order valence-corrected chi connectivity index (χ0v) is 11.8. The van der Waals surface area contributed by atoms with Crippen LogP contribution in [0.5, 0.6) is 0 Å². The third kappa shape index (κ3) is 2.46. The Labute approximate surface area is 120 Å². The summed E-state index contributed by atoms with van der Waals surface area (Å²) < 4.78 is 6.44. The van der Waals surface area contributed by atoms with Crippen molar-refractivity contribution >= 4 is 39.1 Å². The second-order valence-corrected chi connectivity index (χ2v) is 5.64. The topological polar surface area (TPSA) is 58.6 Å². The van der Waals surface area contributed by atoms with Crippen molar-refractivity contribution in [2.24, 2.45) is 0 Å². The number of cyclic esters (lactones) is 1. The van der Waals surface area contributed by atoms with Crippen molar-refractivity contribution in [3.63, 3.8) is 0 Å². The molecule has 1 aliphatic heterocycles. The second-order valence-electron chi connectivity index (χ2n) is 4.70. The molecule has 2 aromatic rings. The van der Waals surface area contributed by atoms with Gasteiger partial charge in [0, 0.05) is 17.3 Å². The molecule has 0 saturated carbocycles. The van der Waals surface area contributed by atoms with E-state index in [1.165, 1.54) is 11.6 Å². The smallest absolute Gasteiger partial charge is 0.414 e. The molecule has 6 heteroatoms. The number of nitrogens with zero attached hydrogens (tertiary/aromatic N) is 1. The number of amides is 2. The molecule has 20 heavy (non-hydrogen) atoms. The van der Waals surface area contributed by atoms with Gasteiger partial charge in [0.2, 0.25) is 5.91 Å². The van der Waals surface area contributed by atoms with E-state index < -0.39 is 0 Å². The summed E-state index contributed by atoms with van der Waals surface area (Å²) in [4.78, 5) is 24.4. The average molecular weight is 290 g/mol. The number of anilines is 1. The Morgan fingerprint density at radius 1 is 1.50 bits per heavy atom. The molecule has 1 fully saturated rings. The van der Waals surface area contributed by atoms with E-state index >= 15 is 0 Å². The molecular formula is C14H14N2O3S. The lowest BCUT2D eigenvalue weighted by Crippen LogP contribution is -2.33. The van der Waals surface area contributed by atoms with Crippen molar-refractivity contribution in [3.8, 4) is 0 Å². The fourth-order valence-electron chi connectivity index (χ4n) is 2.22. The first kappa shape index (κ1) is 12.9. The summed E-state index contributed by atoms with van der Waals surface area (Å²) in [7, 11) is 0. The van der Waals surface area contributed by atoms with Crippen LogP contribution in [0.25, 0.3) is 10.1 Å². The molecule has 2 heterocycles. The molecule has 0 radical (unpaired) electrons. The van der Waals surface area contributed by atoms with Crippen LogP contribution in [0.4, 0.5) is 10.5 Å². The van der Waals surface area contributed by atoms with Crippen LogP contribution in [0, 0.1) is 0 Å². The van der Waals surface area contributed by atoms with E-state index in [1.54, 1.807) is 16.2 Å². The lowest BCUT2D eigenvalue weighted by molar-refractivity contribution is -0.119. The van der Waals surface area contributed by atoms with Crippen molar-refractivity contribution in [2.45, 2.75) is 13.0 Å². The van der Waals surface area contributed by atoms with Crippen molar-refractivity contribution in [1.29, 1.82) is 0 Å². The zero-order chi connectivity index (χ0) is 14.1. The molecule has 0 aliphatic carbocycles. The fraction of sp³-hybridized carbons (Fsp3) is 0.286. The van der Waals surface area contributed by atoms with Crippen molar-refractivity contribution in [1.82, 2.24) is 5.32 Å². The van der Waals surface area contributed by atoms with Crippen LogP contribution >= 0.6 is 11.3 Å². The number of thiophene rings is 1. The molecule has 104 valence electrons. The van der Waals surface area contributed by atoms with Crippen LogP contribution in [0.2, 0.25) is 0 Å². The Hall–Kier alpha value is -2.08. The minimum absolute atomic E-state index is 0.126. The molecule has 1 aromatic heterocycles. The number of rotatable bonds is 3. The Kier molecular flexibility index (Phi) is 3.31. The molecule has 1 aromatic carbocycles. The number of hydrogen-bond donors (Lipinski definition) is 1. The number of benzene rings is 1. The van der Waals surface area contributed by atoms with E-state index in [0.29, 0.717) is 13.1 Å². The van der Waals surface area contributed by atoms with E-state index in [4.69, 9.17) is 4.74 Å². The maximum absolute atomic E-state index is 11.9. The number of hydrogen-bond acceptors (Lipinski definition) is 4. The zero-order valence-electron chi connectivity index (χ0n) is 11.0. The third-order valence-electron chi connectivity index (χ3n) is 3.20. The molecule has 0 spiro atoms. The highest BCUT2D eigenvalue weighted by atomic mass is 32.1. The molecule has 1 N–H and O–H groups in total. The molecule has 1 atom stereocenters. The SMILES string of the molecule is CC(=O)NC[C@H]1CN(c2ccc3sccc3c2)C(=O)O1. The van der Waals surface area contributed by atoms with E-state index in [2.05, 4.69) is 5.32 Å². The third-order valence-corrected chi connectivity index (χ3v) is 4.10. The first-order chi connectivity index (χ1) is 9.63. The highest BCUT2D eigenvalue weighted by Crippen LogP contribution is 2.28. The Bertz CT molecular complexity index is 667. The minimum Gasteiger partial charge on any atom is -0.442 e. The van der Waals surface area contributed by atoms with Gasteiger partial charge in [0.15, 0.2) is 0 Å². The first-order valence-electron chi connectivity index (χ1n) is 6.33. The molecule has 0 bridgehead atoms. The summed E-state index contributed by atoms with van der Waals surface area (Å²) in [6.45, 7) is 2.24. The predicted molar refractivity (Wildman–Crippen MR) is 78.1 cm³/mol. The molecule has 0 unspecified atom stereocenters. The number of fused-ring (bicyclic) bond motifs is 1. The van der Waals surface area contributed by atoms with Crippen molar-refractivity contribution < 1.29 is 14.3 Å². The lowest BCUT2D eigenvalue weighted by Gasteiger charge is -2.13. The van der Waals surface area contributed by atoms with Gasteiger partial charge in [-0.1, -0.05) is 0 Å². The maximum Gasteiger partial charge on any atom is 0.414 e. The number of ether oxygens (including phenoxy) is 1. The monoisotopic (exact) mass is 290 g/mol. The van der Waals surface area contributed by atoms with Crippen LogP contribution in [0.15, 0.2) is 29.6 Å². The quantitative estimate of drug-likeness (QED) is 0.944. The summed E-state index contributed by atoms with van der Waals surface area (Å²) in [5.41, 5.74) is 0.825. The second kappa shape index (κ2) is 5.13. The Balaban J connectivity index is 1.76. The van der Waals surface area contributed by atoms with Crippen molar-refractivity contribution in [3.05, 3.63) is 29.6 Å². The van der Waals surface area contributed by atoms with Gasteiger partial charge in [-0.2, -0.15) is 0 Å². The first-order valence-corrected chi connectivity index (χ1v) is 7.21. The van der Waals surface area contributed by atoms with Crippen LogP contribution < -0.4 is 10.2 Å². The number of carbonyl (C=O) groups is 2. The maximum atomic E-state index is 11.9. The largest absolute Gasteiger partial charge is 0.442 e. The average Bonchev–Trinajstić information content (AvgIpc) is 3.01. The highest BCUT2D eigenvalue weighted by molar-refractivity contribution is 7.17. The molecule has 1 aliphatic rings. The molecule has 3 rings (SSSR count). The van der Waals surface area contributed by atoms with Gasteiger partial charge >= 0.3 is 6.09 Å². The standard InChI is InChI=1S/C14H14N2O3S/c1-9(17)15-7-12-8-16(14(18)19-12)11-2-3-13-10(6-11)4-5-20-13/h2-6,12H,7-8H2,1H3,(H,15,17)/t12-/m0/s1. The normalized spacial score (nSPS) is 18.4. The Morgan fingerprint density at radius 3 is 3.15 bits per heavy atom. The predicted octanol–water partition coefficient (Wildman–Crippen LogP) is 2.36. The molecule has 2 amide bonds. The van der Waals surface area contributed by atoms with Gasteiger partial charge in [-0.25, -0.2) is 4.79 Å². The molecule has 5 nitrogen and oxygen atoms in total. The van der Waals surface area contributed by atoms with Crippen molar-refractivity contribution in [2.75, 3.05) is 18.0 Å². The number of carbonyl (C=O) groups excluding carboxylic acids is 2. The minimum atomic E-state index is -0.366. The van der Waals surface area contributed by atoms with Gasteiger partial charge in [-0.15, -0.1) is 11.3 Å². The van der Waals surface area contributed by atoms with E-state index in [-0.39, 0.29) is 18.1 Å². The molecular weight excluding hydrogens is 276 g/mol. The fourth-order valence-corrected chi connectivity index (χ4v) is 2.99. The van der Waals surface area contributed by atoms with Gasteiger partial charge in [0.1, 0.15) is 6.10 Å². The highest BCUT2D eigenvalue weighted by Gasteiger charge is 2.32. The van der Waals surface area contributed by atoms with E-state index in [0.717, 1.165) is 11.1 Å². The summed E-state index contributed by atoms with van der Waals surface area (Å²) in [5.74, 6) is -0.126. The van der Waals surface area contributed by atoms with E-state index in [1.807, 2.05) is 29.6 Å². The van der Waals surface area contributed by atoms with Crippen LogP contribution in [0.1, 0.15) is 6.92 Å². The summed E-state index contributed by atoms with van der Waals surface area (Å²) in [6, 6.07) is 7.93. The van der Waals surface area contributed by atoms with E-state index in [9.17, 15) is 9.59 Å². The lowest BCUT2D eigenvalue weighted by atomic mass is 10.2. The summed E-state index contributed by atoms with van der Waals surface area (Å²) in [5, 5.41) is 5.80. The van der Waals surface area contributed by atoms with Crippen LogP contribution in [-0.2, 0) is 9.53 Å². The van der Waals surface area contributed by atoms with Gasteiger partial charge in [-0.05, 0) is 35.0 Å². The van der Waals surface area contributed by atoms with Gasteiger partial charge in [0.05, 0.1) is 13.1 Å². The van der Waals surface area contributed by atoms with Gasteiger partial charge in [-0.3, -0.25) is 9.69 Å². The van der Waals surface area contributed by atoms with Crippen LogP contribution in [-0.4, -0.2) is 31.2 Å². The van der Waals surface area contributed by atoms with Crippen LogP contribution in [0.3, 0.4) is 0 Å². The molecule has 1 saturated heterocycles. The summed E-state index contributed by atoms with van der Waals surface area (Å²) in [6.07, 6.45) is -0.667. The van der Waals surface area contributed by atoms with Gasteiger partial charge < -0.3 is 10.1 Å². The Morgan fingerprint density at radius 2 is 2.35 bits per heavy atom. The number of nitrogens with one attached hydrogen (secondary N) is 1. The van der Waals surface area contributed by atoms with Gasteiger partial charge in [0.25, 0.3) is 0 Å². The summed E-state index contributed by atoms with van der Waals surface area (Å²) >= 11 is 1.67.